The number of nitrogens with zero attached hydrogens (tertiary/aromatic N) is 4. The second kappa shape index (κ2) is 9.16. The van der Waals surface area contributed by atoms with Gasteiger partial charge in [-0.1, -0.05) is 0 Å². The Morgan fingerprint density at radius 1 is 1.08 bits per heavy atom. The molecule has 1 aliphatic carbocycles. The predicted molar refractivity (Wildman–Crippen MR) is 129 cm³/mol. The van der Waals surface area contributed by atoms with Crippen LogP contribution in [-0.2, 0) is 4.79 Å². The SMILES string of the molecule is O=C(CN1CCCC12CC2)N[C@@H]1CN(C(=O)c2cccn3cncc23)CC[C@H]1c1cc(F)c(F)cc1F. The van der Waals surface area contributed by atoms with Crippen molar-refractivity contribution in [3.8, 4) is 0 Å². The van der Waals surface area contributed by atoms with Crippen molar-refractivity contribution in [3.63, 3.8) is 0 Å². The Balaban J connectivity index is 1.26. The lowest BCUT2D eigenvalue weighted by atomic mass is 9.84. The number of likely N-dealkylation sites (tertiary alicyclic amines) is 2. The second-order valence-electron chi connectivity index (χ2n) is 10.5. The van der Waals surface area contributed by atoms with Gasteiger partial charge < -0.3 is 14.6 Å². The van der Waals surface area contributed by atoms with Crippen LogP contribution in [0.1, 0.15) is 53.9 Å². The van der Waals surface area contributed by atoms with Gasteiger partial charge in [0.2, 0.25) is 5.91 Å². The highest BCUT2D eigenvalue weighted by Crippen LogP contribution is 2.49. The molecule has 37 heavy (non-hydrogen) atoms. The highest BCUT2D eigenvalue weighted by Gasteiger charge is 2.51. The van der Waals surface area contributed by atoms with Crippen LogP contribution in [0.15, 0.2) is 43.0 Å². The highest BCUT2D eigenvalue weighted by atomic mass is 19.2. The molecule has 2 saturated heterocycles. The number of halogens is 3. The van der Waals surface area contributed by atoms with Crippen molar-refractivity contribution < 1.29 is 22.8 Å². The number of imidazole rings is 1. The largest absolute Gasteiger partial charge is 0.350 e. The number of nitrogens with one attached hydrogen (secondary N) is 1. The summed E-state index contributed by atoms with van der Waals surface area (Å²) in [5, 5.41) is 3.01. The fraction of sp³-hybridized carbons (Fsp3) is 0.444. The summed E-state index contributed by atoms with van der Waals surface area (Å²) < 4.78 is 44.3. The number of piperidine rings is 1. The van der Waals surface area contributed by atoms with Gasteiger partial charge in [0.25, 0.3) is 5.91 Å². The smallest absolute Gasteiger partial charge is 0.256 e. The first kappa shape index (κ1) is 24.0. The Bertz CT molecular complexity index is 1370. The number of hydrogen-bond donors (Lipinski definition) is 1. The van der Waals surface area contributed by atoms with E-state index in [2.05, 4.69) is 15.2 Å². The maximum absolute atomic E-state index is 14.8. The molecule has 10 heteroatoms. The summed E-state index contributed by atoms with van der Waals surface area (Å²) in [5.74, 6) is -4.30. The number of rotatable bonds is 5. The average molecular weight is 512 g/mol. The zero-order valence-corrected chi connectivity index (χ0v) is 20.3. The zero-order valence-electron chi connectivity index (χ0n) is 20.3. The van der Waals surface area contributed by atoms with Gasteiger partial charge in [0.05, 0.1) is 36.2 Å². The first-order valence-corrected chi connectivity index (χ1v) is 12.7. The summed E-state index contributed by atoms with van der Waals surface area (Å²) in [4.78, 5) is 34.6. The minimum atomic E-state index is -1.26. The summed E-state index contributed by atoms with van der Waals surface area (Å²) in [6.45, 7) is 1.48. The van der Waals surface area contributed by atoms with Crippen LogP contribution in [-0.4, -0.2) is 68.8 Å². The van der Waals surface area contributed by atoms with Gasteiger partial charge in [0.1, 0.15) is 5.82 Å². The van der Waals surface area contributed by atoms with E-state index in [0.717, 1.165) is 38.3 Å². The molecule has 1 saturated carbocycles. The van der Waals surface area contributed by atoms with Gasteiger partial charge in [-0.15, -0.1) is 0 Å². The summed E-state index contributed by atoms with van der Waals surface area (Å²) >= 11 is 0. The van der Waals surface area contributed by atoms with Crippen LogP contribution in [0.4, 0.5) is 13.2 Å². The second-order valence-corrected chi connectivity index (χ2v) is 10.5. The quantitative estimate of drug-likeness (QED) is 0.533. The number of carbonyl (C=O) groups excluding carboxylic acids is 2. The molecule has 2 aliphatic heterocycles. The summed E-state index contributed by atoms with van der Waals surface area (Å²) in [5.41, 5.74) is 1.27. The maximum atomic E-state index is 14.8. The Labute approximate surface area is 212 Å². The van der Waals surface area contributed by atoms with Crippen molar-refractivity contribution in [2.45, 2.75) is 49.6 Å². The Morgan fingerprint density at radius 3 is 2.70 bits per heavy atom. The third-order valence-electron chi connectivity index (χ3n) is 8.27. The zero-order chi connectivity index (χ0) is 25.7. The lowest BCUT2D eigenvalue weighted by Crippen LogP contribution is -2.55. The summed E-state index contributed by atoms with van der Waals surface area (Å²) in [6, 6.07) is 4.23. The van der Waals surface area contributed by atoms with Crippen LogP contribution in [0.3, 0.4) is 0 Å². The molecular weight excluding hydrogens is 483 g/mol. The first-order chi connectivity index (χ1) is 17.8. The lowest BCUT2D eigenvalue weighted by Gasteiger charge is -2.39. The first-order valence-electron chi connectivity index (χ1n) is 12.7. The van der Waals surface area contributed by atoms with Crippen molar-refractivity contribution in [2.75, 3.05) is 26.2 Å². The Kier molecular flexibility index (Phi) is 5.94. The molecule has 3 aromatic rings. The van der Waals surface area contributed by atoms with Gasteiger partial charge in [-0.25, -0.2) is 18.2 Å². The monoisotopic (exact) mass is 511 g/mol. The number of fused-ring (bicyclic) bond motifs is 1. The standard InChI is InChI=1S/C27H28F3N5O2/c28-20-12-22(30)21(29)11-19(20)17-4-10-33(26(37)18-3-1-8-34-16-31-13-24(18)34)14-23(17)32-25(36)15-35-9-2-5-27(35)6-7-27/h1,3,8,11-13,16-17,23H,2,4-7,9-10,14-15H2,(H,32,36)/t17-,23+/m0/s1. The molecule has 0 bridgehead atoms. The van der Waals surface area contributed by atoms with E-state index >= 15 is 0 Å². The average Bonchev–Trinajstić information content (AvgIpc) is 3.32. The van der Waals surface area contributed by atoms with Crippen LogP contribution in [0.2, 0.25) is 0 Å². The van der Waals surface area contributed by atoms with Crippen molar-refractivity contribution in [3.05, 3.63) is 71.6 Å². The molecule has 4 heterocycles. The maximum Gasteiger partial charge on any atom is 0.256 e. The van der Waals surface area contributed by atoms with E-state index in [1.54, 1.807) is 40.2 Å². The predicted octanol–water partition coefficient (Wildman–Crippen LogP) is 3.49. The Hall–Kier alpha value is -3.40. The van der Waals surface area contributed by atoms with Gasteiger partial charge in [0.15, 0.2) is 11.6 Å². The van der Waals surface area contributed by atoms with Crippen molar-refractivity contribution in [1.82, 2.24) is 24.5 Å². The molecule has 2 amide bonds. The number of amides is 2. The van der Waals surface area contributed by atoms with Crippen molar-refractivity contribution in [1.29, 1.82) is 0 Å². The van der Waals surface area contributed by atoms with Crippen LogP contribution >= 0.6 is 0 Å². The van der Waals surface area contributed by atoms with E-state index < -0.39 is 29.4 Å². The molecule has 2 aromatic heterocycles. The van der Waals surface area contributed by atoms with Gasteiger partial charge in [-0.05, 0) is 62.4 Å². The molecule has 194 valence electrons. The van der Waals surface area contributed by atoms with E-state index in [-0.39, 0.29) is 49.0 Å². The molecule has 0 unspecified atom stereocenters. The molecule has 3 aliphatic rings. The van der Waals surface area contributed by atoms with Crippen LogP contribution in [0.5, 0.6) is 0 Å². The van der Waals surface area contributed by atoms with E-state index in [4.69, 9.17) is 0 Å². The third kappa shape index (κ3) is 4.37. The molecule has 0 radical (unpaired) electrons. The number of benzene rings is 1. The Morgan fingerprint density at radius 2 is 1.89 bits per heavy atom. The van der Waals surface area contributed by atoms with Crippen LogP contribution in [0, 0.1) is 17.5 Å². The van der Waals surface area contributed by atoms with Crippen molar-refractivity contribution >= 4 is 17.3 Å². The van der Waals surface area contributed by atoms with E-state index in [0.29, 0.717) is 17.1 Å². The molecule has 3 fully saturated rings. The van der Waals surface area contributed by atoms with Gasteiger partial charge in [-0.2, -0.15) is 0 Å². The number of carbonyl (C=O) groups is 2. The van der Waals surface area contributed by atoms with E-state index in [1.165, 1.54) is 0 Å². The van der Waals surface area contributed by atoms with E-state index in [9.17, 15) is 22.8 Å². The molecule has 6 rings (SSSR count). The van der Waals surface area contributed by atoms with Gasteiger partial charge in [0, 0.05) is 36.8 Å². The molecule has 7 nitrogen and oxygen atoms in total. The summed E-state index contributed by atoms with van der Waals surface area (Å²) in [6.07, 6.45) is 9.64. The molecule has 1 aromatic carbocycles. The molecular formula is C27H28F3N5O2. The van der Waals surface area contributed by atoms with E-state index in [1.807, 2.05) is 0 Å². The summed E-state index contributed by atoms with van der Waals surface area (Å²) in [7, 11) is 0. The third-order valence-corrected chi connectivity index (χ3v) is 8.27. The number of pyridine rings is 1. The normalized spacial score (nSPS) is 23.1. The number of hydrogen-bond acceptors (Lipinski definition) is 4. The molecule has 1 N–H and O–H groups in total. The fourth-order valence-electron chi connectivity index (χ4n) is 6.16. The van der Waals surface area contributed by atoms with Gasteiger partial charge in [-0.3, -0.25) is 14.5 Å². The lowest BCUT2D eigenvalue weighted by molar-refractivity contribution is -0.123. The van der Waals surface area contributed by atoms with Crippen LogP contribution in [0.25, 0.3) is 5.52 Å². The highest BCUT2D eigenvalue weighted by molar-refractivity contribution is 6.00. The van der Waals surface area contributed by atoms with Crippen molar-refractivity contribution in [2.24, 2.45) is 0 Å². The number of aromatic nitrogens is 2. The minimum absolute atomic E-state index is 0.00836. The van der Waals surface area contributed by atoms with Gasteiger partial charge >= 0.3 is 0 Å². The topological polar surface area (TPSA) is 70.0 Å². The minimum Gasteiger partial charge on any atom is -0.350 e. The molecule has 1 spiro atoms. The fourth-order valence-corrected chi connectivity index (χ4v) is 6.16. The molecule has 2 atom stereocenters. The van der Waals surface area contributed by atoms with Crippen LogP contribution < -0.4 is 5.32 Å².